The summed E-state index contributed by atoms with van der Waals surface area (Å²) in [5.74, 6) is -0.183. The molecule has 2 N–H and O–H groups in total. The largest absolute Gasteiger partial charge is 0.370 e. The summed E-state index contributed by atoms with van der Waals surface area (Å²) in [4.78, 5) is 27.2. The molecule has 0 bridgehead atoms. The number of carbonyl (C=O) groups is 1. The maximum absolute atomic E-state index is 12.7. The van der Waals surface area contributed by atoms with Crippen LogP contribution in [0.3, 0.4) is 0 Å². The second-order valence-electron chi connectivity index (χ2n) is 6.62. The van der Waals surface area contributed by atoms with Crippen molar-refractivity contribution < 1.29 is 9.53 Å². The van der Waals surface area contributed by atoms with E-state index < -0.39 is 0 Å². The molecule has 2 atom stereocenters. The lowest BCUT2D eigenvalue weighted by Gasteiger charge is -2.20. The number of benzene rings is 1. The summed E-state index contributed by atoms with van der Waals surface area (Å²) in [7, 11) is 1.86. The monoisotopic (exact) mass is 352 g/mol. The van der Waals surface area contributed by atoms with E-state index in [-0.39, 0.29) is 23.6 Å². The number of pyridine rings is 1. The van der Waals surface area contributed by atoms with Crippen LogP contribution in [0.1, 0.15) is 34.1 Å². The van der Waals surface area contributed by atoms with Crippen molar-refractivity contribution in [3.05, 3.63) is 63.7 Å². The number of fused-ring (bicyclic) bond motifs is 1. The second-order valence-corrected chi connectivity index (χ2v) is 6.62. The van der Waals surface area contributed by atoms with Gasteiger partial charge in [0, 0.05) is 42.4 Å². The summed E-state index contributed by atoms with van der Waals surface area (Å²) < 4.78 is 7.57. The third-order valence-electron chi connectivity index (χ3n) is 4.87. The van der Waals surface area contributed by atoms with Gasteiger partial charge in [0.15, 0.2) is 0 Å². The van der Waals surface area contributed by atoms with Gasteiger partial charge in [-0.2, -0.15) is 5.10 Å². The number of H-pyrrole nitrogens is 1. The van der Waals surface area contributed by atoms with Crippen molar-refractivity contribution in [1.29, 1.82) is 0 Å². The molecule has 1 amide bonds. The molecule has 1 saturated heterocycles. The van der Waals surface area contributed by atoms with E-state index in [0.717, 1.165) is 23.1 Å². The lowest BCUT2D eigenvalue weighted by atomic mass is 10.0. The molecule has 1 aromatic carbocycles. The van der Waals surface area contributed by atoms with E-state index in [1.807, 2.05) is 26.1 Å². The van der Waals surface area contributed by atoms with Crippen LogP contribution in [0.4, 0.5) is 0 Å². The highest BCUT2D eigenvalue weighted by atomic mass is 16.5. The van der Waals surface area contributed by atoms with Crippen molar-refractivity contribution in [3.63, 3.8) is 0 Å². The zero-order chi connectivity index (χ0) is 18.3. The first-order valence-corrected chi connectivity index (χ1v) is 8.57. The fraction of sp³-hybridized carbons (Fsp3) is 0.316. The average molecular weight is 352 g/mol. The molecule has 7 nitrogen and oxygen atoms in total. The predicted molar refractivity (Wildman–Crippen MR) is 97.1 cm³/mol. The van der Waals surface area contributed by atoms with Crippen LogP contribution in [0.2, 0.25) is 0 Å². The number of nitrogens with zero attached hydrogens (tertiary/aromatic N) is 2. The summed E-state index contributed by atoms with van der Waals surface area (Å²) >= 11 is 0. The van der Waals surface area contributed by atoms with E-state index >= 15 is 0 Å². The van der Waals surface area contributed by atoms with Gasteiger partial charge in [0.25, 0.3) is 5.91 Å². The molecule has 26 heavy (non-hydrogen) atoms. The van der Waals surface area contributed by atoms with Gasteiger partial charge in [-0.1, -0.05) is 6.07 Å². The van der Waals surface area contributed by atoms with Crippen LogP contribution in [0.15, 0.2) is 41.3 Å². The van der Waals surface area contributed by atoms with Crippen LogP contribution in [0.25, 0.3) is 10.9 Å². The molecule has 1 aliphatic heterocycles. The van der Waals surface area contributed by atoms with Crippen LogP contribution in [-0.2, 0) is 11.8 Å². The molecule has 4 rings (SSSR count). The zero-order valence-corrected chi connectivity index (χ0v) is 14.7. The summed E-state index contributed by atoms with van der Waals surface area (Å²) in [6.45, 7) is 2.47. The van der Waals surface area contributed by atoms with Gasteiger partial charge in [0.1, 0.15) is 6.10 Å². The van der Waals surface area contributed by atoms with Crippen molar-refractivity contribution in [2.75, 3.05) is 6.61 Å². The minimum atomic E-state index is -0.214. The normalized spacial score (nSPS) is 19.8. The molecule has 0 aliphatic carbocycles. The number of hydrogen-bond donors (Lipinski definition) is 2. The number of rotatable bonds is 3. The molecule has 0 saturated carbocycles. The Morgan fingerprint density at radius 1 is 1.35 bits per heavy atom. The minimum Gasteiger partial charge on any atom is -0.370 e. The highest BCUT2D eigenvalue weighted by molar-refractivity contribution is 5.98. The van der Waals surface area contributed by atoms with E-state index in [1.165, 1.54) is 0 Å². The molecule has 1 fully saturated rings. The minimum absolute atomic E-state index is 0.120. The van der Waals surface area contributed by atoms with Crippen LogP contribution in [-0.4, -0.2) is 33.3 Å². The first-order chi connectivity index (χ1) is 12.5. The van der Waals surface area contributed by atoms with Crippen molar-refractivity contribution in [3.8, 4) is 0 Å². The van der Waals surface area contributed by atoms with Gasteiger partial charge >= 0.3 is 0 Å². The van der Waals surface area contributed by atoms with Crippen molar-refractivity contribution in [2.45, 2.75) is 25.5 Å². The molecule has 0 radical (unpaired) electrons. The highest BCUT2D eigenvalue weighted by Gasteiger charge is 2.33. The number of aromatic nitrogens is 3. The summed E-state index contributed by atoms with van der Waals surface area (Å²) in [6.07, 6.45) is 2.25. The van der Waals surface area contributed by atoms with Crippen molar-refractivity contribution >= 4 is 16.8 Å². The Bertz CT molecular complexity index is 1040. The molecule has 0 spiro atoms. The molecule has 0 unspecified atom stereocenters. The number of aromatic amines is 1. The van der Waals surface area contributed by atoms with Crippen LogP contribution in [0, 0.1) is 6.92 Å². The summed E-state index contributed by atoms with van der Waals surface area (Å²) in [5, 5.41) is 8.16. The lowest BCUT2D eigenvalue weighted by Crippen LogP contribution is -2.37. The maximum atomic E-state index is 12.7. The van der Waals surface area contributed by atoms with Crippen molar-refractivity contribution in [2.24, 2.45) is 7.05 Å². The molecular formula is C19H20N4O3. The number of hydrogen-bond acceptors (Lipinski definition) is 4. The SMILES string of the molecule is Cc1cc(=O)[nH]c2cc(C(=O)N[C@H]3CCO[C@@H]3c3ccnn3C)ccc12. The van der Waals surface area contributed by atoms with E-state index in [0.29, 0.717) is 17.7 Å². The van der Waals surface area contributed by atoms with E-state index in [2.05, 4.69) is 15.4 Å². The number of nitrogens with one attached hydrogen (secondary N) is 2. The first kappa shape index (κ1) is 16.5. The van der Waals surface area contributed by atoms with Gasteiger partial charge in [0.2, 0.25) is 5.56 Å². The molecule has 134 valence electrons. The van der Waals surface area contributed by atoms with Gasteiger partial charge in [-0.05, 0) is 37.1 Å². The molecule has 2 aromatic heterocycles. The quantitative estimate of drug-likeness (QED) is 0.753. The Hall–Kier alpha value is -2.93. The van der Waals surface area contributed by atoms with Gasteiger partial charge in [0.05, 0.1) is 11.7 Å². The fourth-order valence-electron chi connectivity index (χ4n) is 3.52. The third kappa shape index (κ3) is 2.90. The third-order valence-corrected chi connectivity index (χ3v) is 4.87. The van der Waals surface area contributed by atoms with Gasteiger partial charge in [-0.15, -0.1) is 0 Å². The Labute approximate surface area is 150 Å². The number of aryl methyl sites for hydroxylation is 2. The Kier molecular flexibility index (Phi) is 4.08. The fourth-order valence-corrected chi connectivity index (χ4v) is 3.52. The number of amides is 1. The molecular weight excluding hydrogens is 332 g/mol. The Morgan fingerprint density at radius 3 is 2.96 bits per heavy atom. The predicted octanol–water partition coefficient (Wildman–Crippen LogP) is 1.83. The Morgan fingerprint density at radius 2 is 2.19 bits per heavy atom. The molecule has 7 heteroatoms. The molecule has 1 aliphatic rings. The number of carbonyl (C=O) groups excluding carboxylic acids is 1. The van der Waals surface area contributed by atoms with E-state index in [4.69, 9.17) is 4.74 Å². The van der Waals surface area contributed by atoms with Crippen LogP contribution in [0.5, 0.6) is 0 Å². The first-order valence-electron chi connectivity index (χ1n) is 8.57. The Balaban J connectivity index is 1.59. The topological polar surface area (TPSA) is 89.0 Å². The average Bonchev–Trinajstić information content (AvgIpc) is 3.22. The van der Waals surface area contributed by atoms with E-state index in [9.17, 15) is 9.59 Å². The smallest absolute Gasteiger partial charge is 0.251 e. The zero-order valence-electron chi connectivity index (χ0n) is 14.7. The lowest BCUT2D eigenvalue weighted by molar-refractivity contribution is 0.0792. The highest BCUT2D eigenvalue weighted by Crippen LogP contribution is 2.29. The van der Waals surface area contributed by atoms with Gasteiger partial charge in [-0.25, -0.2) is 0 Å². The second kappa shape index (κ2) is 6.42. The molecule has 3 heterocycles. The van der Waals surface area contributed by atoms with Crippen molar-refractivity contribution in [1.82, 2.24) is 20.1 Å². The van der Waals surface area contributed by atoms with Gasteiger partial charge in [-0.3, -0.25) is 14.3 Å². The maximum Gasteiger partial charge on any atom is 0.251 e. The summed E-state index contributed by atoms with van der Waals surface area (Å²) in [6, 6.07) is 8.69. The summed E-state index contributed by atoms with van der Waals surface area (Å²) in [5.41, 5.74) is 2.82. The number of ether oxygens (including phenoxy) is 1. The van der Waals surface area contributed by atoms with Crippen LogP contribution >= 0.6 is 0 Å². The van der Waals surface area contributed by atoms with Gasteiger partial charge < -0.3 is 15.0 Å². The van der Waals surface area contributed by atoms with Crippen LogP contribution < -0.4 is 10.9 Å². The van der Waals surface area contributed by atoms with E-state index in [1.54, 1.807) is 29.1 Å². The molecule has 3 aromatic rings. The standard InChI is InChI=1S/C19H20N4O3/c1-11-9-17(24)21-15-10-12(3-4-13(11)15)19(25)22-14-6-8-26-18(14)16-5-7-20-23(16)2/h3-5,7,9-10,14,18H,6,8H2,1-2H3,(H,21,24)(H,22,25)/t14-,18-/m0/s1.